The van der Waals surface area contributed by atoms with Gasteiger partial charge in [-0.2, -0.15) is 0 Å². The lowest BCUT2D eigenvalue weighted by Gasteiger charge is -2.32. The van der Waals surface area contributed by atoms with Crippen molar-refractivity contribution < 1.29 is 5.11 Å². The van der Waals surface area contributed by atoms with E-state index in [0.717, 1.165) is 11.1 Å². The van der Waals surface area contributed by atoms with Crippen LogP contribution in [0.3, 0.4) is 0 Å². The van der Waals surface area contributed by atoms with E-state index in [1.807, 2.05) is 32.9 Å². The van der Waals surface area contributed by atoms with Gasteiger partial charge in [0.15, 0.2) is 0 Å². The van der Waals surface area contributed by atoms with Gasteiger partial charge in [-0.25, -0.2) is 0 Å². The SMILES string of the molecule is CC(C)=CCC(O)/C(C)=C/C=C/C(C)=C/C=C/C(C)=C/C=C/C=C(C)/C=C/C=C(C)/C=C/C1=C(C)CCCC1(C)C. The quantitative estimate of drug-likeness (QED) is 0.178. The van der Waals surface area contributed by atoms with Gasteiger partial charge >= 0.3 is 0 Å². The number of aliphatic hydroxyl groups is 1. The summed E-state index contributed by atoms with van der Waals surface area (Å²) in [7, 11) is 0. The lowest BCUT2D eigenvalue weighted by Crippen LogP contribution is -2.19. The predicted octanol–water partition coefficient (Wildman–Crippen LogP) is 11.7. The van der Waals surface area contributed by atoms with Gasteiger partial charge in [-0.3, -0.25) is 0 Å². The van der Waals surface area contributed by atoms with Crippen LogP contribution >= 0.6 is 0 Å². The zero-order chi connectivity index (χ0) is 30.8. The lowest BCUT2D eigenvalue weighted by atomic mass is 9.72. The molecule has 0 amide bonds. The zero-order valence-electron chi connectivity index (χ0n) is 27.6. The third-order valence-corrected chi connectivity index (χ3v) is 7.31. The smallest absolute Gasteiger partial charge is 0.0784 e. The summed E-state index contributed by atoms with van der Waals surface area (Å²) in [4.78, 5) is 0. The molecule has 0 fully saturated rings. The van der Waals surface area contributed by atoms with Crippen LogP contribution in [0.2, 0.25) is 0 Å². The molecule has 0 saturated carbocycles. The normalized spacial score (nSPS) is 19.1. The Bertz CT molecular complexity index is 1220. The Labute approximate surface area is 252 Å². The average molecular weight is 553 g/mol. The molecule has 0 aliphatic heterocycles. The molecule has 1 atom stereocenters. The first-order chi connectivity index (χ1) is 19.3. The Kier molecular flexibility index (Phi) is 16.7. The Morgan fingerprint density at radius 1 is 0.707 bits per heavy atom. The summed E-state index contributed by atoms with van der Waals surface area (Å²) in [5, 5.41) is 10.2. The van der Waals surface area contributed by atoms with Gasteiger partial charge in [0, 0.05) is 0 Å². The number of aliphatic hydroxyl groups excluding tert-OH is 1. The van der Waals surface area contributed by atoms with Gasteiger partial charge in [-0.05, 0) is 97.6 Å². The molecule has 1 N–H and O–H groups in total. The number of hydrogen-bond acceptors (Lipinski definition) is 1. The maximum Gasteiger partial charge on any atom is 0.0784 e. The fraction of sp³-hybridized carbons (Fsp3) is 0.400. The van der Waals surface area contributed by atoms with Crippen molar-refractivity contribution >= 4 is 0 Å². The molecule has 41 heavy (non-hydrogen) atoms. The van der Waals surface area contributed by atoms with Gasteiger partial charge in [0.25, 0.3) is 0 Å². The molecule has 0 aromatic rings. The molecule has 1 unspecified atom stereocenters. The minimum Gasteiger partial charge on any atom is -0.388 e. The van der Waals surface area contributed by atoms with Crippen LogP contribution in [0.4, 0.5) is 0 Å². The van der Waals surface area contributed by atoms with E-state index >= 15 is 0 Å². The van der Waals surface area contributed by atoms with Crippen molar-refractivity contribution in [1.82, 2.24) is 0 Å². The molecule has 0 heterocycles. The summed E-state index contributed by atoms with van der Waals surface area (Å²) in [6.45, 7) is 21.5. The van der Waals surface area contributed by atoms with Crippen LogP contribution < -0.4 is 0 Å². The van der Waals surface area contributed by atoms with Crippen LogP contribution in [0.5, 0.6) is 0 Å². The van der Waals surface area contributed by atoms with Crippen LogP contribution in [0.25, 0.3) is 0 Å². The van der Waals surface area contributed by atoms with Crippen molar-refractivity contribution in [3.8, 4) is 0 Å². The van der Waals surface area contributed by atoms with Crippen LogP contribution in [-0.2, 0) is 0 Å². The molecule has 1 nitrogen and oxygen atoms in total. The fourth-order valence-corrected chi connectivity index (χ4v) is 4.56. The van der Waals surface area contributed by atoms with Crippen molar-refractivity contribution in [2.45, 2.75) is 101 Å². The molecule has 1 aliphatic carbocycles. The van der Waals surface area contributed by atoms with Crippen LogP contribution in [0.15, 0.2) is 142 Å². The highest BCUT2D eigenvalue weighted by molar-refractivity contribution is 5.37. The number of hydrogen-bond donors (Lipinski definition) is 1. The highest BCUT2D eigenvalue weighted by Gasteiger charge is 2.26. The van der Waals surface area contributed by atoms with Gasteiger partial charge in [-0.15, -0.1) is 0 Å². The molecule has 0 saturated heterocycles. The molecule has 222 valence electrons. The second-order valence-corrected chi connectivity index (χ2v) is 12.3. The van der Waals surface area contributed by atoms with E-state index in [1.54, 1.807) is 0 Å². The van der Waals surface area contributed by atoms with Crippen molar-refractivity contribution in [3.63, 3.8) is 0 Å². The minimum atomic E-state index is -0.427. The standard InChI is InChI=1S/C40H56O/c1-31(2)26-29-39(41)37(8)24-15-23-34(5)21-13-19-32(3)17-11-12-18-33(4)20-14-22-35(6)27-28-38-36(7)25-16-30-40(38,9)10/h11-15,17-24,26-28,39,41H,16,25,29-30H2,1-10H3/b12-11+,19-13+,20-14+,23-15+,28-27+,32-17+,33-18+,34-21+,35-22+,37-24+. The maximum atomic E-state index is 10.2. The van der Waals surface area contributed by atoms with E-state index in [9.17, 15) is 5.11 Å². The first kappa shape index (κ1) is 35.9. The molecule has 0 radical (unpaired) electrons. The van der Waals surface area contributed by atoms with E-state index in [1.165, 1.54) is 52.7 Å². The largest absolute Gasteiger partial charge is 0.388 e. The van der Waals surface area contributed by atoms with Crippen LogP contribution in [0.1, 0.15) is 94.9 Å². The van der Waals surface area contributed by atoms with E-state index < -0.39 is 6.10 Å². The highest BCUT2D eigenvalue weighted by Crippen LogP contribution is 2.40. The van der Waals surface area contributed by atoms with E-state index in [4.69, 9.17) is 0 Å². The average Bonchev–Trinajstić information content (AvgIpc) is 2.89. The van der Waals surface area contributed by atoms with Crippen molar-refractivity contribution in [2.75, 3.05) is 0 Å². The molecule has 1 aliphatic rings. The molecule has 1 rings (SSSR count). The number of allylic oxidation sites excluding steroid dienone is 22. The van der Waals surface area contributed by atoms with Gasteiger partial charge in [-0.1, -0.05) is 145 Å². The summed E-state index contributed by atoms with van der Waals surface area (Å²) < 4.78 is 0. The van der Waals surface area contributed by atoms with Crippen molar-refractivity contribution in [2.24, 2.45) is 5.41 Å². The summed E-state index contributed by atoms with van der Waals surface area (Å²) >= 11 is 0. The summed E-state index contributed by atoms with van der Waals surface area (Å²) in [5.41, 5.74) is 10.3. The van der Waals surface area contributed by atoms with Gasteiger partial charge in [0.1, 0.15) is 0 Å². The molecular formula is C40H56O. The van der Waals surface area contributed by atoms with Gasteiger partial charge < -0.3 is 5.11 Å². The Hall–Kier alpha value is -3.16. The Morgan fingerprint density at radius 3 is 1.66 bits per heavy atom. The van der Waals surface area contributed by atoms with Crippen LogP contribution in [-0.4, -0.2) is 11.2 Å². The third-order valence-electron chi connectivity index (χ3n) is 7.31. The highest BCUT2D eigenvalue weighted by atomic mass is 16.3. The minimum absolute atomic E-state index is 0.282. The van der Waals surface area contributed by atoms with Crippen molar-refractivity contribution in [3.05, 3.63) is 142 Å². The fourth-order valence-electron chi connectivity index (χ4n) is 4.56. The monoisotopic (exact) mass is 552 g/mol. The molecule has 1 heteroatoms. The summed E-state index contributed by atoms with van der Waals surface area (Å²) in [6, 6.07) is 0. The van der Waals surface area contributed by atoms with Gasteiger partial charge in [0.2, 0.25) is 0 Å². The van der Waals surface area contributed by atoms with E-state index in [-0.39, 0.29) is 5.41 Å². The lowest BCUT2D eigenvalue weighted by molar-refractivity contribution is 0.214. The zero-order valence-corrected chi connectivity index (χ0v) is 27.6. The summed E-state index contributed by atoms with van der Waals surface area (Å²) in [5.74, 6) is 0. The van der Waals surface area contributed by atoms with Crippen molar-refractivity contribution in [1.29, 1.82) is 0 Å². The van der Waals surface area contributed by atoms with E-state index in [2.05, 4.69) is 134 Å². The second-order valence-electron chi connectivity index (χ2n) is 12.3. The number of rotatable bonds is 13. The predicted molar refractivity (Wildman–Crippen MR) is 185 cm³/mol. The maximum absolute atomic E-state index is 10.2. The second kappa shape index (κ2) is 19.1. The van der Waals surface area contributed by atoms with Gasteiger partial charge in [0.05, 0.1) is 6.10 Å². The molecule has 0 aromatic heterocycles. The third kappa shape index (κ3) is 16.0. The van der Waals surface area contributed by atoms with E-state index in [0.29, 0.717) is 6.42 Å². The first-order valence-corrected chi connectivity index (χ1v) is 15.1. The molecular weight excluding hydrogens is 496 g/mol. The Morgan fingerprint density at radius 2 is 1.17 bits per heavy atom. The summed E-state index contributed by atoms with van der Waals surface area (Å²) in [6.07, 6.45) is 37.8. The molecule has 0 bridgehead atoms. The topological polar surface area (TPSA) is 20.2 Å². The first-order valence-electron chi connectivity index (χ1n) is 15.1. The molecule has 0 spiro atoms. The Balaban J connectivity index is 2.61. The van der Waals surface area contributed by atoms with Crippen LogP contribution in [0, 0.1) is 5.41 Å². The molecule has 0 aromatic carbocycles.